The number of aromatic nitrogens is 4. The molecule has 2 heterocycles. The van der Waals surface area contributed by atoms with Crippen molar-refractivity contribution in [2.45, 2.75) is 51.6 Å². The van der Waals surface area contributed by atoms with Crippen molar-refractivity contribution in [3.63, 3.8) is 0 Å². The van der Waals surface area contributed by atoms with E-state index in [4.69, 9.17) is 0 Å². The van der Waals surface area contributed by atoms with Crippen molar-refractivity contribution in [2.24, 2.45) is 0 Å². The molecule has 8 nitrogen and oxygen atoms in total. The third-order valence-electron chi connectivity index (χ3n) is 4.25. The molecule has 0 aliphatic heterocycles. The van der Waals surface area contributed by atoms with Gasteiger partial charge in [-0.2, -0.15) is 0 Å². The number of unbranched alkanes of at least 4 members (excludes halogenated alkanes) is 1. The fraction of sp³-hybridized carbons (Fsp3) is 0.400. The number of hydrogen-bond acceptors (Lipinski definition) is 9. The lowest BCUT2D eigenvalue weighted by Crippen LogP contribution is -2.18. The number of aliphatic hydroxyl groups is 1. The molecule has 3 aromatic rings. The predicted molar refractivity (Wildman–Crippen MR) is 116 cm³/mol. The third kappa shape index (κ3) is 7.05. The van der Waals surface area contributed by atoms with E-state index in [1.54, 1.807) is 0 Å². The van der Waals surface area contributed by atoms with Crippen LogP contribution in [-0.2, 0) is 35.3 Å². The van der Waals surface area contributed by atoms with Crippen LogP contribution in [-0.4, -0.2) is 43.3 Å². The summed E-state index contributed by atoms with van der Waals surface area (Å²) in [7, 11) is 0. The first-order chi connectivity index (χ1) is 14.5. The monoisotopic (exact) mass is 445 g/mol. The number of aryl methyl sites for hydroxylation is 2. The number of rotatable bonds is 11. The first kappa shape index (κ1) is 22.1. The molecule has 0 bridgehead atoms. The number of nitrogens with one attached hydrogen (secondary N) is 1. The van der Waals surface area contributed by atoms with Gasteiger partial charge in [0.2, 0.25) is 11.0 Å². The molecule has 10 heteroatoms. The van der Waals surface area contributed by atoms with E-state index in [1.807, 2.05) is 30.3 Å². The fourth-order valence-electron chi connectivity index (χ4n) is 2.66. The van der Waals surface area contributed by atoms with Gasteiger partial charge in [-0.25, -0.2) is 0 Å². The van der Waals surface area contributed by atoms with Crippen LogP contribution in [0.2, 0.25) is 0 Å². The standard InChI is InChI=1S/C20H23N5O3S2/c1-13(26)15(27)12-19-24-22-17(29-19)9-5-6-10-18-23-25-20(30-18)21-16(28)11-14-7-3-2-4-8-14/h2-4,7-8,13,26H,5-6,9-12H2,1H3,(H,21,25,28)/t13-/m0/s1. The van der Waals surface area contributed by atoms with Gasteiger partial charge in [-0.1, -0.05) is 41.7 Å². The van der Waals surface area contributed by atoms with Crippen LogP contribution < -0.4 is 5.32 Å². The fourth-order valence-corrected chi connectivity index (χ4v) is 4.35. The van der Waals surface area contributed by atoms with Crippen molar-refractivity contribution in [2.75, 3.05) is 5.32 Å². The number of carbonyl (C=O) groups is 2. The van der Waals surface area contributed by atoms with Crippen molar-refractivity contribution < 1.29 is 14.7 Å². The zero-order valence-electron chi connectivity index (χ0n) is 16.6. The van der Waals surface area contributed by atoms with Crippen molar-refractivity contribution in [1.82, 2.24) is 20.4 Å². The molecule has 0 unspecified atom stereocenters. The summed E-state index contributed by atoms with van der Waals surface area (Å²) >= 11 is 2.80. The smallest absolute Gasteiger partial charge is 0.230 e. The molecule has 2 aromatic heterocycles. The van der Waals surface area contributed by atoms with Crippen LogP contribution in [0.1, 0.15) is 40.4 Å². The summed E-state index contributed by atoms with van der Waals surface area (Å²) in [5.41, 5.74) is 0.954. The number of anilines is 1. The van der Waals surface area contributed by atoms with Gasteiger partial charge in [-0.3, -0.25) is 9.59 Å². The van der Waals surface area contributed by atoms with Gasteiger partial charge in [-0.05, 0) is 25.3 Å². The third-order valence-corrected chi connectivity index (χ3v) is 6.13. The van der Waals surface area contributed by atoms with E-state index in [0.29, 0.717) is 16.6 Å². The number of benzene rings is 1. The lowest BCUT2D eigenvalue weighted by molar-refractivity contribution is -0.125. The Balaban J connectivity index is 1.37. The van der Waals surface area contributed by atoms with Crippen molar-refractivity contribution in [1.29, 1.82) is 0 Å². The molecule has 0 aliphatic carbocycles. The maximum absolute atomic E-state index is 12.1. The Kier molecular flexibility index (Phi) is 8.12. The average Bonchev–Trinajstić information content (AvgIpc) is 3.35. The molecule has 1 atom stereocenters. The van der Waals surface area contributed by atoms with Crippen molar-refractivity contribution in [3.05, 3.63) is 50.9 Å². The lowest BCUT2D eigenvalue weighted by atomic mass is 10.1. The van der Waals surface area contributed by atoms with Gasteiger partial charge in [-0.15, -0.1) is 31.7 Å². The van der Waals surface area contributed by atoms with Crippen LogP contribution in [0, 0.1) is 0 Å². The first-order valence-electron chi connectivity index (χ1n) is 9.68. The molecule has 0 saturated carbocycles. The van der Waals surface area contributed by atoms with Crippen LogP contribution >= 0.6 is 22.7 Å². The zero-order valence-corrected chi connectivity index (χ0v) is 18.2. The summed E-state index contributed by atoms with van der Waals surface area (Å²) in [4.78, 5) is 23.6. The van der Waals surface area contributed by atoms with Gasteiger partial charge in [0.05, 0.1) is 12.8 Å². The number of hydrogen-bond donors (Lipinski definition) is 2. The minimum Gasteiger partial charge on any atom is -0.386 e. The minimum atomic E-state index is -0.975. The molecular formula is C20H23N5O3S2. The maximum atomic E-state index is 12.1. The summed E-state index contributed by atoms with van der Waals surface area (Å²) in [6.45, 7) is 1.46. The van der Waals surface area contributed by atoms with E-state index in [1.165, 1.54) is 29.6 Å². The van der Waals surface area contributed by atoms with Gasteiger partial charge in [0.1, 0.15) is 21.1 Å². The number of nitrogens with zero attached hydrogens (tertiary/aromatic N) is 4. The highest BCUT2D eigenvalue weighted by molar-refractivity contribution is 7.15. The molecule has 0 aliphatic rings. The van der Waals surface area contributed by atoms with Gasteiger partial charge in [0.25, 0.3) is 0 Å². The second-order valence-corrected chi connectivity index (χ2v) is 9.04. The van der Waals surface area contributed by atoms with Gasteiger partial charge in [0, 0.05) is 12.8 Å². The largest absolute Gasteiger partial charge is 0.386 e. The highest BCUT2D eigenvalue weighted by Gasteiger charge is 2.14. The molecule has 0 saturated heterocycles. The predicted octanol–water partition coefficient (Wildman–Crippen LogP) is 2.63. The Labute approximate surface area is 182 Å². The second kappa shape index (κ2) is 11.0. The van der Waals surface area contributed by atoms with Crippen LogP contribution in [0.4, 0.5) is 5.13 Å². The normalized spacial score (nSPS) is 11.9. The molecule has 1 aromatic carbocycles. The Bertz CT molecular complexity index is 972. The summed E-state index contributed by atoms with van der Waals surface area (Å²) in [6, 6.07) is 9.56. The van der Waals surface area contributed by atoms with Gasteiger partial charge >= 0.3 is 0 Å². The van der Waals surface area contributed by atoms with Gasteiger partial charge < -0.3 is 10.4 Å². The molecule has 1 amide bonds. The van der Waals surface area contributed by atoms with E-state index in [0.717, 1.165) is 41.3 Å². The SMILES string of the molecule is C[C@H](O)C(=O)Cc1nnc(CCCCc2nnc(NC(=O)Cc3ccccc3)s2)s1. The van der Waals surface area contributed by atoms with E-state index in [2.05, 4.69) is 25.7 Å². The van der Waals surface area contributed by atoms with Crippen LogP contribution in [0.5, 0.6) is 0 Å². The molecule has 0 radical (unpaired) electrons. The number of amides is 1. The Morgan fingerprint density at radius 3 is 2.27 bits per heavy atom. The number of ketones is 1. The van der Waals surface area contributed by atoms with Crippen LogP contribution in [0.3, 0.4) is 0 Å². The Morgan fingerprint density at radius 2 is 1.57 bits per heavy atom. The molecule has 0 fully saturated rings. The Hall–Kier alpha value is -2.56. The molecule has 30 heavy (non-hydrogen) atoms. The summed E-state index contributed by atoms with van der Waals surface area (Å²) in [5.74, 6) is -0.356. The zero-order chi connectivity index (χ0) is 21.3. The van der Waals surface area contributed by atoms with Crippen LogP contribution in [0.25, 0.3) is 0 Å². The average molecular weight is 446 g/mol. The van der Waals surface area contributed by atoms with Crippen LogP contribution in [0.15, 0.2) is 30.3 Å². The number of Topliss-reactive ketones (excluding diaryl/α,β-unsaturated/α-hetero) is 1. The number of aliphatic hydroxyl groups excluding tert-OH is 1. The highest BCUT2D eigenvalue weighted by atomic mass is 32.1. The van der Waals surface area contributed by atoms with E-state index >= 15 is 0 Å². The first-order valence-corrected chi connectivity index (χ1v) is 11.3. The maximum Gasteiger partial charge on any atom is 0.230 e. The van der Waals surface area contributed by atoms with Crippen molar-refractivity contribution >= 4 is 39.5 Å². The number of carbonyl (C=O) groups excluding carboxylic acids is 2. The summed E-state index contributed by atoms with van der Waals surface area (Å²) < 4.78 is 0. The van der Waals surface area contributed by atoms with Gasteiger partial charge in [0.15, 0.2) is 5.78 Å². The topological polar surface area (TPSA) is 118 Å². The molecule has 3 rings (SSSR count). The quantitative estimate of drug-likeness (QED) is 0.436. The molecular weight excluding hydrogens is 422 g/mol. The van der Waals surface area contributed by atoms with E-state index in [-0.39, 0.29) is 18.1 Å². The lowest BCUT2D eigenvalue weighted by Gasteiger charge is -2.00. The van der Waals surface area contributed by atoms with E-state index in [9.17, 15) is 14.7 Å². The summed E-state index contributed by atoms with van der Waals surface area (Å²) in [6.07, 6.45) is 2.83. The van der Waals surface area contributed by atoms with E-state index < -0.39 is 6.10 Å². The molecule has 158 valence electrons. The molecule has 0 spiro atoms. The second-order valence-electron chi connectivity index (χ2n) is 6.83. The minimum absolute atomic E-state index is 0.106. The Morgan fingerprint density at radius 1 is 0.933 bits per heavy atom. The summed E-state index contributed by atoms with van der Waals surface area (Å²) in [5, 5.41) is 31.3. The highest BCUT2D eigenvalue weighted by Crippen LogP contribution is 2.19. The van der Waals surface area contributed by atoms with Crippen molar-refractivity contribution in [3.8, 4) is 0 Å². The molecule has 2 N–H and O–H groups in total.